The summed E-state index contributed by atoms with van der Waals surface area (Å²) < 4.78 is 5.59. The average Bonchev–Trinajstić information content (AvgIpc) is 2.52. The lowest BCUT2D eigenvalue weighted by molar-refractivity contribution is 0.0169. The molecule has 1 aromatic heterocycles. The fraction of sp³-hybridized carbons (Fsp3) is 0.571. The Morgan fingerprint density at radius 3 is 3.00 bits per heavy atom. The Balaban J connectivity index is 1.97. The van der Waals surface area contributed by atoms with E-state index in [9.17, 15) is 4.79 Å². The third kappa shape index (κ3) is 3.91. The van der Waals surface area contributed by atoms with Gasteiger partial charge in [0, 0.05) is 24.4 Å². The summed E-state index contributed by atoms with van der Waals surface area (Å²) in [7, 11) is 0. The molecule has 20 heavy (non-hydrogen) atoms. The first-order chi connectivity index (χ1) is 9.72. The summed E-state index contributed by atoms with van der Waals surface area (Å²) in [5.41, 5.74) is 3.89. The smallest absolute Gasteiger partial charge is 0.251 e. The zero-order chi connectivity index (χ0) is 14.4. The van der Waals surface area contributed by atoms with Crippen LogP contribution in [0.2, 0.25) is 0 Å². The fourth-order valence-electron chi connectivity index (χ4n) is 2.25. The Hall–Kier alpha value is -1.66. The van der Waals surface area contributed by atoms with Crippen LogP contribution < -0.4 is 16.6 Å². The van der Waals surface area contributed by atoms with E-state index in [1.165, 1.54) is 0 Å². The number of amides is 1. The second kappa shape index (κ2) is 7.21. The number of hydrogen-bond donors (Lipinski definition) is 3. The highest BCUT2D eigenvalue weighted by Gasteiger charge is 2.16. The summed E-state index contributed by atoms with van der Waals surface area (Å²) in [5.74, 6) is 5.75. The van der Waals surface area contributed by atoms with Gasteiger partial charge in [-0.2, -0.15) is 0 Å². The number of hydrogen-bond acceptors (Lipinski definition) is 5. The number of nitrogens with one attached hydrogen (secondary N) is 2. The first-order valence-corrected chi connectivity index (χ1v) is 7.10. The molecule has 110 valence electrons. The van der Waals surface area contributed by atoms with Crippen molar-refractivity contribution in [3.8, 4) is 0 Å². The van der Waals surface area contributed by atoms with Crippen LogP contribution in [0.3, 0.4) is 0 Å². The summed E-state index contributed by atoms with van der Waals surface area (Å²) >= 11 is 0. The Morgan fingerprint density at radius 2 is 2.35 bits per heavy atom. The molecule has 1 saturated heterocycles. The lowest BCUT2D eigenvalue weighted by Gasteiger charge is -2.22. The highest BCUT2D eigenvalue weighted by Crippen LogP contribution is 2.13. The van der Waals surface area contributed by atoms with Crippen LogP contribution in [-0.4, -0.2) is 30.1 Å². The largest absolute Gasteiger partial charge is 0.376 e. The number of carbonyl (C=O) groups is 1. The fourth-order valence-corrected chi connectivity index (χ4v) is 2.25. The van der Waals surface area contributed by atoms with Crippen LogP contribution in [0.5, 0.6) is 0 Å². The molecule has 6 nitrogen and oxygen atoms in total. The molecular formula is C14H22N4O2. The Morgan fingerprint density at radius 1 is 1.50 bits per heavy atom. The first-order valence-electron chi connectivity index (χ1n) is 7.10. The van der Waals surface area contributed by atoms with Crippen molar-refractivity contribution in [2.45, 2.75) is 38.7 Å². The molecule has 1 fully saturated rings. The summed E-state index contributed by atoms with van der Waals surface area (Å²) in [6.45, 7) is 3.32. The van der Waals surface area contributed by atoms with Crippen molar-refractivity contribution in [3.63, 3.8) is 0 Å². The van der Waals surface area contributed by atoms with Gasteiger partial charge in [0.1, 0.15) is 5.82 Å². The van der Waals surface area contributed by atoms with Crippen LogP contribution in [-0.2, 0) is 11.2 Å². The number of nitrogen functional groups attached to an aromatic ring is 1. The number of rotatable bonds is 5. The van der Waals surface area contributed by atoms with Crippen molar-refractivity contribution in [2.24, 2.45) is 5.84 Å². The molecule has 1 aromatic rings. The van der Waals surface area contributed by atoms with Crippen LogP contribution in [0.1, 0.15) is 42.2 Å². The number of nitrogens with zero attached hydrogens (tertiary/aromatic N) is 1. The summed E-state index contributed by atoms with van der Waals surface area (Å²) in [5, 5.41) is 2.91. The minimum absolute atomic E-state index is 0.118. The molecular weight excluding hydrogens is 256 g/mol. The predicted octanol–water partition coefficient (Wildman–Crippen LogP) is 1.23. The predicted molar refractivity (Wildman–Crippen MR) is 77.3 cm³/mol. The molecule has 0 bridgehead atoms. The maximum absolute atomic E-state index is 12.2. The van der Waals surface area contributed by atoms with E-state index in [4.69, 9.17) is 10.6 Å². The number of aromatic nitrogens is 1. The second-order valence-corrected chi connectivity index (χ2v) is 4.93. The standard InChI is InChI=1S/C14H22N4O2/c1-2-11-7-10(8-13(17-11)18-15)14(19)16-9-12-5-3-4-6-20-12/h7-8,12H,2-6,9,15H2,1H3,(H,16,19)(H,17,18). The van der Waals surface area contributed by atoms with Gasteiger partial charge >= 0.3 is 0 Å². The van der Waals surface area contributed by atoms with Gasteiger partial charge in [-0.3, -0.25) is 4.79 Å². The summed E-state index contributed by atoms with van der Waals surface area (Å²) in [6.07, 6.45) is 4.16. The van der Waals surface area contributed by atoms with Gasteiger partial charge in [-0.25, -0.2) is 10.8 Å². The SMILES string of the molecule is CCc1cc(C(=O)NCC2CCCCO2)cc(NN)n1. The third-order valence-corrected chi connectivity index (χ3v) is 3.41. The molecule has 0 spiro atoms. The number of carbonyl (C=O) groups excluding carboxylic acids is 1. The van der Waals surface area contributed by atoms with Gasteiger partial charge in [-0.05, 0) is 37.8 Å². The quantitative estimate of drug-likeness (QED) is 0.557. The third-order valence-electron chi connectivity index (χ3n) is 3.41. The molecule has 6 heteroatoms. The molecule has 0 aliphatic carbocycles. The molecule has 1 aliphatic rings. The van der Waals surface area contributed by atoms with E-state index in [0.717, 1.165) is 38.0 Å². The van der Waals surface area contributed by atoms with Gasteiger partial charge in [0.25, 0.3) is 5.91 Å². The monoisotopic (exact) mass is 278 g/mol. The normalized spacial score (nSPS) is 18.6. The van der Waals surface area contributed by atoms with E-state index < -0.39 is 0 Å². The van der Waals surface area contributed by atoms with Crippen molar-refractivity contribution in [1.82, 2.24) is 10.3 Å². The minimum Gasteiger partial charge on any atom is -0.376 e. The van der Waals surface area contributed by atoms with Crippen LogP contribution >= 0.6 is 0 Å². The van der Waals surface area contributed by atoms with Crippen LogP contribution in [0, 0.1) is 0 Å². The first kappa shape index (κ1) is 14.7. The molecule has 1 atom stereocenters. The highest BCUT2D eigenvalue weighted by atomic mass is 16.5. The van der Waals surface area contributed by atoms with Gasteiger partial charge in [0.2, 0.25) is 0 Å². The van der Waals surface area contributed by atoms with E-state index in [1.54, 1.807) is 12.1 Å². The van der Waals surface area contributed by atoms with Crippen molar-refractivity contribution >= 4 is 11.7 Å². The summed E-state index contributed by atoms with van der Waals surface area (Å²) in [4.78, 5) is 16.4. The minimum atomic E-state index is -0.118. The molecule has 1 aliphatic heterocycles. The molecule has 0 radical (unpaired) electrons. The topological polar surface area (TPSA) is 89.3 Å². The van der Waals surface area contributed by atoms with Crippen molar-refractivity contribution in [2.75, 3.05) is 18.6 Å². The molecule has 0 aromatic carbocycles. The second-order valence-electron chi connectivity index (χ2n) is 4.93. The van der Waals surface area contributed by atoms with E-state index in [2.05, 4.69) is 15.7 Å². The van der Waals surface area contributed by atoms with E-state index >= 15 is 0 Å². The van der Waals surface area contributed by atoms with Gasteiger partial charge < -0.3 is 15.5 Å². The number of hydrazine groups is 1. The maximum atomic E-state index is 12.2. The number of anilines is 1. The number of ether oxygens (including phenoxy) is 1. The number of nitrogens with two attached hydrogens (primary N) is 1. The highest BCUT2D eigenvalue weighted by molar-refractivity contribution is 5.95. The van der Waals surface area contributed by atoms with Crippen molar-refractivity contribution < 1.29 is 9.53 Å². The maximum Gasteiger partial charge on any atom is 0.251 e. The molecule has 4 N–H and O–H groups in total. The lowest BCUT2D eigenvalue weighted by atomic mass is 10.1. The van der Waals surface area contributed by atoms with Crippen molar-refractivity contribution in [3.05, 3.63) is 23.4 Å². The molecule has 1 unspecified atom stereocenters. The van der Waals surface area contributed by atoms with Gasteiger partial charge in [0.15, 0.2) is 0 Å². The van der Waals surface area contributed by atoms with E-state index in [0.29, 0.717) is 17.9 Å². The molecule has 2 heterocycles. The zero-order valence-electron chi connectivity index (χ0n) is 11.8. The van der Waals surface area contributed by atoms with Gasteiger partial charge in [0.05, 0.1) is 6.10 Å². The Labute approximate surface area is 119 Å². The average molecular weight is 278 g/mol. The van der Waals surface area contributed by atoms with E-state index in [-0.39, 0.29) is 12.0 Å². The van der Waals surface area contributed by atoms with Crippen LogP contribution in [0.4, 0.5) is 5.82 Å². The van der Waals surface area contributed by atoms with Crippen molar-refractivity contribution in [1.29, 1.82) is 0 Å². The molecule has 0 saturated carbocycles. The Bertz CT molecular complexity index is 436. The molecule has 1 amide bonds. The van der Waals surface area contributed by atoms with E-state index in [1.807, 2.05) is 6.92 Å². The van der Waals surface area contributed by atoms with Gasteiger partial charge in [-0.1, -0.05) is 6.92 Å². The number of pyridine rings is 1. The lowest BCUT2D eigenvalue weighted by Crippen LogP contribution is -2.35. The summed E-state index contributed by atoms with van der Waals surface area (Å²) in [6, 6.07) is 3.44. The van der Waals surface area contributed by atoms with Crippen LogP contribution in [0.25, 0.3) is 0 Å². The Kier molecular flexibility index (Phi) is 5.31. The number of aryl methyl sites for hydroxylation is 1. The van der Waals surface area contributed by atoms with Gasteiger partial charge in [-0.15, -0.1) is 0 Å². The zero-order valence-corrected chi connectivity index (χ0v) is 11.8. The molecule has 2 rings (SSSR count). The van der Waals surface area contributed by atoms with Crippen LogP contribution in [0.15, 0.2) is 12.1 Å².